The maximum absolute atomic E-state index is 14.0. The number of halogens is 2. The summed E-state index contributed by atoms with van der Waals surface area (Å²) in [6.07, 6.45) is 2.74. The molecule has 0 aliphatic heterocycles. The summed E-state index contributed by atoms with van der Waals surface area (Å²) >= 11 is 0. The van der Waals surface area contributed by atoms with Gasteiger partial charge < -0.3 is 10.4 Å². The lowest BCUT2D eigenvalue weighted by atomic mass is 9.73. The lowest BCUT2D eigenvalue weighted by Crippen LogP contribution is -2.64. The summed E-state index contributed by atoms with van der Waals surface area (Å²) in [5.41, 5.74) is -3.47. The van der Waals surface area contributed by atoms with Crippen LogP contribution in [-0.4, -0.2) is 28.1 Å². The summed E-state index contributed by atoms with van der Waals surface area (Å²) in [5, 5.41) is 21.2. The molecular weight excluding hydrogens is 266 g/mol. The van der Waals surface area contributed by atoms with Crippen molar-refractivity contribution in [1.29, 1.82) is 5.26 Å². The molecule has 2 N–H and O–H groups in total. The third kappa shape index (κ3) is 2.39. The lowest BCUT2D eigenvalue weighted by molar-refractivity contribution is -0.217. The van der Waals surface area contributed by atoms with E-state index in [2.05, 4.69) is 5.32 Å². The molecule has 2 unspecified atom stereocenters. The molecular formula is C14H20F2N2O2. The zero-order valence-electron chi connectivity index (χ0n) is 11.6. The normalized spacial score (nSPS) is 32.9. The molecule has 0 aromatic rings. The van der Waals surface area contributed by atoms with E-state index in [9.17, 15) is 23.9 Å². The van der Waals surface area contributed by atoms with Crippen molar-refractivity contribution in [3.63, 3.8) is 0 Å². The first-order valence-corrected chi connectivity index (χ1v) is 7.09. The Bertz CT molecular complexity index is 443. The minimum atomic E-state index is -3.84. The molecule has 2 saturated carbocycles. The van der Waals surface area contributed by atoms with Gasteiger partial charge in [0.05, 0.1) is 6.07 Å². The second-order valence-electron chi connectivity index (χ2n) is 6.31. The van der Waals surface area contributed by atoms with Crippen molar-refractivity contribution in [3.05, 3.63) is 0 Å². The van der Waals surface area contributed by atoms with Gasteiger partial charge in [0.2, 0.25) is 0 Å². The van der Waals surface area contributed by atoms with Crippen molar-refractivity contribution in [1.82, 2.24) is 5.32 Å². The first-order valence-electron chi connectivity index (χ1n) is 7.09. The van der Waals surface area contributed by atoms with Crippen molar-refractivity contribution in [2.75, 3.05) is 0 Å². The Hall–Kier alpha value is -1.22. The van der Waals surface area contributed by atoms with Crippen LogP contribution < -0.4 is 5.32 Å². The van der Waals surface area contributed by atoms with Gasteiger partial charge >= 0.3 is 5.92 Å². The van der Waals surface area contributed by atoms with Crippen molar-refractivity contribution in [2.24, 2.45) is 5.92 Å². The number of hydrogen-bond acceptors (Lipinski definition) is 3. The molecule has 0 bridgehead atoms. The van der Waals surface area contributed by atoms with E-state index < -0.39 is 23.0 Å². The fraction of sp³-hybridized carbons (Fsp3) is 0.857. The molecule has 0 spiro atoms. The Morgan fingerprint density at radius 3 is 2.50 bits per heavy atom. The number of nitrogens with zero attached hydrogens (tertiary/aromatic N) is 1. The average molecular weight is 286 g/mol. The number of rotatable bonds is 3. The van der Waals surface area contributed by atoms with E-state index in [0.717, 1.165) is 12.8 Å². The number of nitrogens with one attached hydrogen (secondary N) is 1. The van der Waals surface area contributed by atoms with Crippen LogP contribution in [0.4, 0.5) is 8.78 Å². The molecule has 0 heterocycles. The summed E-state index contributed by atoms with van der Waals surface area (Å²) < 4.78 is 28.1. The number of hydrogen-bond donors (Lipinski definition) is 2. The smallest absolute Gasteiger partial charge is 0.352 e. The summed E-state index contributed by atoms with van der Waals surface area (Å²) in [6.45, 7) is 1.94. The highest BCUT2D eigenvalue weighted by atomic mass is 19.3. The summed E-state index contributed by atoms with van der Waals surface area (Å²) in [4.78, 5) is 11.9. The van der Waals surface area contributed by atoms with Gasteiger partial charge in [0, 0.05) is 0 Å². The predicted octanol–water partition coefficient (Wildman–Crippen LogP) is 2.13. The lowest BCUT2D eigenvalue weighted by Gasteiger charge is -2.43. The van der Waals surface area contributed by atoms with E-state index >= 15 is 0 Å². The van der Waals surface area contributed by atoms with E-state index in [0.29, 0.717) is 19.3 Å². The maximum Gasteiger partial charge on any atom is 0.352 e. The highest BCUT2D eigenvalue weighted by Gasteiger charge is 2.62. The van der Waals surface area contributed by atoms with Crippen molar-refractivity contribution in [2.45, 2.75) is 68.9 Å². The SMILES string of the molecule is CC1CCCC(C#N)(NC(=O)C(F)(F)C2(O)CCC2)C1. The molecule has 2 aliphatic rings. The third-order valence-corrected chi connectivity index (χ3v) is 4.61. The van der Waals surface area contributed by atoms with Gasteiger partial charge in [0.25, 0.3) is 5.91 Å². The van der Waals surface area contributed by atoms with Gasteiger partial charge in [-0.2, -0.15) is 14.0 Å². The van der Waals surface area contributed by atoms with Crippen LogP contribution in [0, 0.1) is 17.2 Å². The van der Waals surface area contributed by atoms with Gasteiger partial charge in [-0.15, -0.1) is 0 Å². The van der Waals surface area contributed by atoms with Crippen molar-refractivity contribution >= 4 is 5.91 Å². The molecule has 0 aromatic heterocycles. The molecule has 20 heavy (non-hydrogen) atoms. The number of amides is 1. The van der Waals surface area contributed by atoms with E-state index in [4.69, 9.17) is 0 Å². The van der Waals surface area contributed by atoms with E-state index in [1.165, 1.54) is 0 Å². The number of nitriles is 1. The average Bonchev–Trinajstić information content (AvgIpc) is 2.35. The fourth-order valence-corrected chi connectivity index (χ4v) is 3.13. The van der Waals surface area contributed by atoms with Crippen LogP contribution in [0.1, 0.15) is 51.9 Å². The Morgan fingerprint density at radius 2 is 2.05 bits per heavy atom. The molecule has 112 valence electrons. The van der Waals surface area contributed by atoms with Crippen LogP contribution in [0.25, 0.3) is 0 Å². The molecule has 0 radical (unpaired) electrons. The van der Waals surface area contributed by atoms with E-state index in [1.807, 2.05) is 13.0 Å². The van der Waals surface area contributed by atoms with E-state index in [-0.39, 0.29) is 18.8 Å². The van der Waals surface area contributed by atoms with Crippen LogP contribution in [-0.2, 0) is 4.79 Å². The van der Waals surface area contributed by atoms with Crippen molar-refractivity contribution < 1.29 is 18.7 Å². The zero-order chi connectivity index (χ0) is 15.0. The highest BCUT2D eigenvalue weighted by molar-refractivity contribution is 5.86. The van der Waals surface area contributed by atoms with E-state index in [1.54, 1.807) is 0 Å². The van der Waals surface area contributed by atoms with Gasteiger partial charge in [-0.1, -0.05) is 13.3 Å². The molecule has 0 saturated heterocycles. The molecule has 2 aliphatic carbocycles. The fourth-order valence-electron chi connectivity index (χ4n) is 3.13. The van der Waals surface area contributed by atoms with Crippen LogP contribution in [0.3, 0.4) is 0 Å². The van der Waals surface area contributed by atoms with Crippen LogP contribution >= 0.6 is 0 Å². The van der Waals surface area contributed by atoms with Gasteiger partial charge in [-0.3, -0.25) is 4.79 Å². The number of carbonyl (C=O) groups is 1. The van der Waals surface area contributed by atoms with Crippen LogP contribution in [0.15, 0.2) is 0 Å². The minimum Gasteiger partial charge on any atom is -0.383 e. The second-order valence-corrected chi connectivity index (χ2v) is 6.31. The summed E-state index contributed by atoms with van der Waals surface area (Å²) in [7, 11) is 0. The standard InChI is InChI=1S/C14H20F2N2O2/c1-10-4-2-5-12(8-10,9-17)18-11(19)14(15,16)13(20)6-3-7-13/h10,20H,2-8H2,1H3,(H,18,19). The Morgan fingerprint density at radius 1 is 1.40 bits per heavy atom. The molecule has 1 amide bonds. The largest absolute Gasteiger partial charge is 0.383 e. The topological polar surface area (TPSA) is 73.1 Å². The van der Waals surface area contributed by atoms with Crippen LogP contribution in [0.5, 0.6) is 0 Å². The highest BCUT2D eigenvalue weighted by Crippen LogP contribution is 2.45. The monoisotopic (exact) mass is 286 g/mol. The number of alkyl halides is 2. The third-order valence-electron chi connectivity index (χ3n) is 4.61. The van der Waals surface area contributed by atoms with Crippen LogP contribution in [0.2, 0.25) is 0 Å². The van der Waals surface area contributed by atoms with Crippen molar-refractivity contribution in [3.8, 4) is 6.07 Å². The molecule has 2 fully saturated rings. The quantitative estimate of drug-likeness (QED) is 0.834. The maximum atomic E-state index is 14.0. The van der Waals surface area contributed by atoms with Gasteiger partial charge in [-0.25, -0.2) is 0 Å². The Kier molecular flexibility index (Phi) is 3.76. The Labute approximate surface area is 117 Å². The number of aliphatic hydroxyl groups is 1. The molecule has 6 heteroatoms. The first-order chi connectivity index (χ1) is 9.25. The first kappa shape index (κ1) is 15.2. The summed E-state index contributed by atoms with van der Waals surface area (Å²) in [6, 6.07) is 1.99. The molecule has 2 atom stereocenters. The Balaban J connectivity index is 2.11. The molecule has 0 aromatic carbocycles. The second kappa shape index (κ2) is 4.96. The zero-order valence-corrected chi connectivity index (χ0v) is 11.6. The van der Waals surface area contributed by atoms with Gasteiger partial charge in [-0.05, 0) is 44.4 Å². The minimum absolute atomic E-state index is 0.0800. The molecule has 4 nitrogen and oxygen atoms in total. The van der Waals surface area contributed by atoms with Gasteiger partial charge in [0.15, 0.2) is 0 Å². The summed E-state index contributed by atoms with van der Waals surface area (Å²) in [5.74, 6) is -5.14. The predicted molar refractivity (Wildman–Crippen MR) is 67.9 cm³/mol. The number of carbonyl (C=O) groups excluding carboxylic acids is 1. The van der Waals surface area contributed by atoms with Gasteiger partial charge in [0.1, 0.15) is 11.1 Å². The molecule has 2 rings (SSSR count).